The number of rotatable bonds is 8. The van der Waals surface area contributed by atoms with Crippen LogP contribution in [0, 0.1) is 0 Å². The lowest BCUT2D eigenvalue weighted by Crippen LogP contribution is -2.44. The summed E-state index contributed by atoms with van der Waals surface area (Å²) in [6, 6.07) is 25.8. The zero-order chi connectivity index (χ0) is 28.4. The van der Waals surface area contributed by atoms with Crippen molar-refractivity contribution in [3.05, 3.63) is 101 Å². The van der Waals surface area contributed by atoms with E-state index in [0.29, 0.717) is 45.7 Å². The second-order valence-corrected chi connectivity index (χ2v) is 11.5. The summed E-state index contributed by atoms with van der Waals surface area (Å²) in [7, 11) is 0. The molecule has 0 spiro atoms. The van der Waals surface area contributed by atoms with E-state index in [2.05, 4.69) is 41.1 Å². The van der Waals surface area contributed by atoms with E-state index in [9.17, 15) is 4.79 Å². The monoisotopic (exact) mass is 583 g/mol. The standard InChI is InChI=1S/C33H31Cl2N5O/c1-2-8-26(41)21-33(23-9-4-3-5-10-23)17-19-39(20-18-33)31-29-32(37-22-36-31)40(25-15-13-24(34)14-16-25)30(38-29)27-11-6-7-12-28(27)35/h3-7,9-16,22H,2,8,17-21H2,1H3. The van der Waals surface area contributed by atoms with Crippen molar-refractivity contribution in [1.29, 1.82) is 0 Å². The quantitative estimate of drug-likeness (QED) is 0.185. The first-order chi connectivity index (χ1) is 20.0. The van der Waals surface area contributed by atoms with Gasteiger partial charge in [0.05, 0.1) is 5.02 Å². The van der Waals surface area contributed by atoms with E-state index in [0.717, 1.165) is 49.4 Å². The number of fused-ring (bicyclic) bond motifs is 1. The minimum absolute atomic E-state index is 0.179. The highest BCUT2D eigenvalue weighted by atomic mass is 35.5. The van der Waals surface area contributed by atoms with Gasteiger partial charge in [0.25, 0.3) is 0 Å². The number of piperidine rings is 1. The Bertz CT molecular complexity index is 1680. The summed E-state index contributed by atoms with van der Waals surface area (Å²) in [6.45, 7) is 3.58. The molecule has 1 aliphatic heterocycles. The number of hydrogen-bond donors (Lipinski definition) is 0. The van der Waals surface area contributed by atoms with Gasteiger partial charge in [-0.3, -0.25) is 9.36 Å². The number of carbonyl (C=O) groups is 1. The fourth-order valence-corrected chi connectivity index (χ4v) is 6.37. The molecule has 6 nitrogen and oxygen atoms in total. The molecule has 3 heterocycles. The smallest absolute Gasteiger partial charge is 0.170 e. The Hall–Kier alpha value is -3.74. The van der Waals surface area contributed by atoms with E-state index >= 15 is 0 Å². The molecule has 3 aromatic carbocycles. The Morgan fingerprint density at radius 2 is 1.61 bits per heavy atom. The van der Waals surface area contributed by atoms with Gasteiger partial charge in [-0.05, 0) is 61.2 Å². The van der Waals surface area contributed by atoms with Crippen molar-refractivity contribution in [2.75, 3.05) is 18.0 Å². The van der Waals surface area contributed by atoms with Crippen molar-refractivity contribution in [2.45, 2.75) is 44.4 Å². The van der Waals surface area contributed by atoms with E-state index in [1.165, 1.54) is 5.56 Å². The number of hydrogen-bond acceptors (Lipinski definition) is 5. The van der Waals surface area contributed by atoms with Gasteiger partial charge in [0.1, 0.15) is 17.9 Å². The van der Waals surface area contributed by atoms with Gasteiger partial charge >= 0.3 is 0 Å². The fraction of sp³-hybridized carbons (Fsp3) is 0.273. The Morgan fingerprint density at radius 1 is 0.902 bits per heavy atom. The Morgan fingerprint density at radius 3 is 2.32 bits per heavy atom. The van der Waals surface area contributed by atoms with E-state index in [-0.39, 0.29) is 5.41 Å². The van der Waals surface area contributed by atoms with Gasteiger partial charge < -0.3 is 4.90 Å². The lowest BCUT2D eigenvalue weighted by molar-refractivity contribution is -0.120. The topological polar surface area (TPSA) is 63.9 Å². The molecule has 0 unspecified atom stereocenters. The van der Waals surface area contributed by atoms with Crippen LogP contribution < -0.4 is 4.90 Å². The van der Waals surface area contributed by atoms with E-state index < -0.39 is 0 Å². The highest BCUT2D eigenvalue weighted by Gasteiger charge is 2.38. The molecule has 0 saturated carbocycles. The predicted molar refractivity (Wildman–Crippen MR) is 166 cm³/mol. The molecule has 0 radical (unpaired) electrons. The molecule has 6 rings (SSSR count). The van der Waals surface area contributed by atoms with Crippen LogP contribution in [0.3, 0.4) is 0 Å². The number of benzene rings is 3. The number of halogens is 2. The van der Waals surface area contributed by atoms with Crippen LogP contribution in [0.15, 0.2) is 85.2 Å². The zero-order valence-corrected chi connectivity index (χ0v) is 24.4. The van der Waals surface area contributed by atoms with E-state index in [4.69, 9.17) is 33.2 Å². The summed E-state index contributed by atoms with van der Waals surface area (Å²) in [5.74, 6) is 1.81. The second kappa shape index (κ2) is 11.6. The lowest BCUT2D eigenvalue weighted by Gasteiger charge is -2.42. The van der Waals surface area contributed by atoms with Crippen LogP contribution in [-0.2, 0) is 10.2 Å². The molecule has 0 aliphatic carbocycles. The largest absolute Gasteiger partial charge is 0.355 e. The Kier molecular flexibility index (Phi) is 7.78. The highest BCUT2D eigenvalue weighted by Crippen LogP contribution is 2.42. The maximum absolute atomic E-state index is 12.9. The number of anilines is 1. The predicted octanol–water partition coefficient (Wildman–Crippen LogP) is 8.09. The van der Waals surface area contributed by atoms with Gasteiger partial charge in [0.2, 0.25) is 0 Å². The van der Waals surface area contributed by atoms with Crippen molar-refractivity contribution in [1.82, 2.24) is 19.5 Å². The van der Waals surface area contributed by atoms with Gasteiger partial charge in [-0.1, -0.05) is 72.6 Å². The molecule has 0 atom stereocenters. The summed E-state index contributed by atoms with van der Waals surface area (Å²) in [5.41, 5.74) is 4.17. The minimum atomic E-state index is -0.179. The maximum atomic E-state index is 12.9. The third kappa shape index (κ3) is 5.34. The van der Waals surface area contributed by atoms with Crippen molar-refractivity contribution in [3.8, 4) is 17.1 Å². The summed E-state index contributed by atoms with van der Waals surface area (Å²) in [5, 5.41) is 1.26. The van der Waals surface area contributed by atoms with Crippen LogP contribution >= 0.6 is 23.2 Å². The molecule has 1 aliphatic rings. The van der Waals surface area contributed by atoms with Gasteiger partial charge in [0.15, 0.2) is 17.0 Å². The third-order valence-corrected chi connectivity index (χ3v) is 8.68. The van der Waals surface area contributed by atoms with Crippen LogP contribution in [0.1, 0.15) is 44.6 Å². The molecule has 0 amide bonds. The van der Waals surface area contributed by atoms with Gasteiger partial charge in [-0.25, -0.2) is 15.0 Å². The van der Waals surface area contributed by atoms with Crippen molar-refractivity contribution in [3.63, 3.8) is 0 Å². The van der Waals surface area contributed by atoms with Crippen molar-refractivity contribution >= 4 is 46.0 Å². The van der Waals surface area contributed by atoms with Crippen molar-refractivity contribution < 1.29 is 4.79 Å². The normalized spacial score (nSPS) is 14.9. The van der Waals surface area contributed by atoms with Crippen LogP contribution in [-0.4, -0.2) is 38.4 Å². The summed E-state index contributed by atoms with van der Waals surface area (Å²) in [6.07, 6.45) is 5.38. The number of aromatic nitrogens is 4. The molecule has 5 aromatic rings. The summed E-state index contributed by atoms with van der Waals surface area (Å²) >= 11 is 12.9. The first kappa shape index (κ1) is 27.4. The lowest BCUT2D eigenvalue weighted by atomic mass is 9.69. The highest BCUT2D eigenvalue weighted by molar-refractivity contribution is 6.33. The van der Waals surface area contributed by atoms with Crippen LogP contribution in [0.2, 0.25) is 10.0 Å². The van der Waals surface area contributed by atoms with Gasteiger partial charge in [-0.15, -0.1) is 0 Å². The first-order valence-electron chi connectivity index (χ1n) is 14.1. The fourth-order valence-electron chi connectivity index (χ4n) is 6.02. The molecule has 0 bridgehead atoms. The molecule has 41 heavy (non-hydrogen) atoms. The second-order valence-electron chi connectivity index (χ2n) is 10.7. The molecular formula is C33H31Cl2N5O. The molecule has 1 saturated heterocycles. The number of ketones is 1. The molecule has 8 heteroatoms. The van der Waals surface area contributed by atoms with E-state index in [1.807, 2.05) is 59.2 Å². The maximum Gasteiger partial charge on any atom is 0.170 e. The number of nitrogens with zero attached hydrogens (tertiary/aromatic N) is 5. The first-order valence-corrected chi connectivity index (χ1v) is 14.8. The summed E-state index contributed by atoms with van der Waals surface area (Å²) in [4.78, 5) is 29.7. The molecule has 2 aromatic heterocycles. The van der Waals surface area contributed by atoms with Crippen molar-refractivity contribution in [2.24, 2.45) is 0 Å². The number of Topliss-reactive ketones (excluding diaryl/α,β-unsaturated/α-hetero) is 1. The van der Waals surface area contributed by atoms with E-state index in [1.54, 1.807) is 6.33 Å². The van der Waals surface area contributed by atoms with Crippen LogP contribution in [0.4, 0.5) is 5.82 Å². The summed E-state index contributed by atoms with van der Waals surface area (Å²) < 4.78 is 2.01. The molecule has 208 valence electrons. The molecular weight excluding hydrogens is 553 g/mol. The van der Waals surface area contributed by atoms with Crippen LogP contribution in [0.5, 0.6) is 0 Å². The average molecular weight is 585 g/mol. The third-order valence-electron chi connectivity index (χ3n) is 8.10. The van der Waals surface area contributed by atoms with Gasteiger partial charge in [0, 0.05) is 47.6 Å². The average Bonchev–Trinajstić information content (AvgIpc) is 3.38. The minimum Gasteiger partial charge on any atom is -0.355 e. The Balaban J connectivity index is 1.41. The Labute approximate surface area is 250 Å². The van der Waals surface area contributed by atoms with Crippen LogP contribution in [0.25, 0.3) is 28.2 Å². The SMILES string of the molecule is CCCC(=O)CC1(c2ccccc2)CCN(c2ncnc3c2nc(-c2ccccc2Cl)n3-c2ccc(Cl)cc2)CC1. The van der Waals surface area contributed by atoms with Gasteiger partial charge in [-0.2, -0.15) is 0 Å². The number of carbonyl (C=O) groups excluding carboxylic acids is 1. The molecule has 1 fully saturated rings. The zero-order valence-electron chi connectivity index (χ0n) is 22.9. The number of imidazole rings is 1. The molecule has 0 N–H and O–H groups in total.